The Kier molecular flexibility index (Phi) is 7.27. The van der Waals surface area contributed by atoms with Gasteiger partial charge in [-0.2, -0.15) is 0 Å². The molecule has 40 heavy (non-hydrogen) atoms. The number of pyridine rings is 1. The molecule has 0 bridgehead atoms. The van der Waals surface area contributed by atoms with E-state index >= 15 is 0 Å². The minimum atomic E-state index is 0.742. The predicted molar refractivity (Wildman–Crippen MR) is 160 cm³/mol. The van der Waals surface area contributed by atoms with Crippen LogP contribution in [0.4, 0.5) is 5.69 Å². The van der Waals surface area contributed by atoms with Crippen LogP contribution in [0.3, 0.4) is 0 Å². The molecule has 194 valence electrons. The topological polar surface area (TPSA) is 37.4 Å². The number of aromatic nitrogens is 1. The van der Waals surface area contributed by atoms with Gasteiger partial charge < -0.3 is 9.47 Å². The third-order valence-corrected chi connectivity index (χ3v) is 7.06. The first kappa shape index (κ1) is 25.4. The fraction of sp³-hybridized carbons (Fsp3) is 0.0588. The molecule has 0 saturated carbocycles. The van der Waals surface area contributed by atoms with E-state index in [0.717, 1.165) is 56.0 Å². The number of hydrogen-bond acceptors (Lipinski definition) is 4. The van der Waals surface area contributed by atoms with Crippen LogP contribution >= 0.6 is 11.8 Å². The number of hydrogen-bond donors (Lipinski definition) is 0. The largest absolute Gasteiger partial charge is 0.495 e. The number of thioether (sulfide) groups is 1. The zero-order chi connectivity index (χ0) is 27.3. The average Bonchev–Trinajstić information content (AvgIpc) is 3.44. The molecule has 0 saturated heterocycles. The number of rotatable bonds is 8. The molecule has 0 amide bonds. The van der Waals surface area contributed by atoms with E-state index in [-0.39, 0.29) is 0 Å². The highest BCUT2D eigenvalue weighted by atomic mass is 32.2. The summed E-state index contributed by atoms with van der Waals surface area (Å²) in [6, 6.07) is 39.5. The first-order chi connectivity index (χ1) is 19.6. The lowest BCUT2D eigenvalue weighted by Crippen LogP contribution is -1.94. The second-order valence-electron chi connectivity index (χ2n) is 9.25. The van der Waals surface area contributed by atoms with Crippen LogP contribution in [0.15, 0.2) is 133 Å². The van der Waals surface area contributed by atoms with E-state index in [4.69, 9.17) is 9.47 Å². The molecule has 4 aromatic carbocycles. The zero-order valence-corrected chi connectivity index (χ0v) is 23.0. The van der Waals surface area contributed by atoms with Gasteiger partial charge in [-0.1, -0.05) is 45.5 Å². The Balaban J connectivity index is 1.27. The quantitative estimate of drug-likeness (QED) is 0.145. The fourth-order valence-electron chi connectivity index (χ4n) is 4.41. The number of benzene rings is 4. The van der Waals surface area contributed by atoms with Gasteiger partial charge in [-0.3, -0.25) is 4.98 Å². The number of ether oxygens (including phenoxy) is 2. The molecule has 0 atom stereocenters. The maximum Gasteiger partial charge on any atom is 0.495 e. The summed E-state index contributed by atoms with van der Waals surface area (Å²) in [5.74, 6) is 3.10. The Labute approximate surface area is 238 Å². The van der Waals surface area contributed by atoms with Gasteiger partial charge in [0.15, 0.2) is 7.05 Å². The lowest BCUT2D eigenvalue weighted by molar-refractivity contribution is -0.429. The van der Waals surface area contributed by atoms with Crippen LogP contribution in [0.25, 0.3) is 22.4 Å². The maximum absolute atomic E-state index is 6.25. The molecule has 5 nitrogen and oxygen atoms in total. The van der Waals surface area contributed by atoms with Crippen molar-refractivity contribution >= 4 is 23.5 Å². The van der Waals surface area contributed by atoms with Crippen LogP contribution in [0.1, 0.15) is 0 Å². The van der Waals surface area contributed by atoms with E-state index in [1.54, 1.807) is 11.8 Å². The Morgan fingerprint density at radius 3 is 2.20 bits per heavy atom. The van der Waals surface area contributed by atoms with Gasteiger partial charge in [0.25, 0.3) is 6.20 Å². The van der Waals surface area contributed by atoms with Crippen LogP contribution in [0, 0.1) is 0 Å². The molecule has 0 radical (unpaired) electrons. The Morgan fingerprint density at radius 1 is 0.650 bits per heavy atom. The van der Waals surface area contributed by atoms with Crippen LogP contribution in [-0.2, 0) is 0 Å². The van der Waals surface area contributed by atoms with Gasteiger partial charge in [0, 0.05) is 22.7 Å². The summed E-state index contributed by atoms with van der Waals surface area (Å²) < 4.78 is 16.2. The predicted octanol–water partition coefficient (Wildman–Crippen LogP) is 8.67. The Bertz CT molecular complexity index is 1790. The Morgan fingerprint density at radius 2 is 1.40 bits per heavy atom. The number of nitrogens with zero attached hydrogens (tertiary/aromatic N) is 3. The van der Waals surface area contributed by atoms with Crippen LogP contribution < -0.4 is 9.47 Å². The SMILES string of the molecule is CSc1cc(Oc2ccccc2)cc(-c2ccnc(-c3cccc(Oc4cccc([N+]5=C=[N+](C)C=C5)c4)c3)c2)c1. The third kappa shape index (κ3) is 5.89. The molecule has 6 rings (SSSR count). The summed E-state index contributed by atoms with van der Waals surface area (Å²) in [6.45, 7) is 0. The van der Waals surface area contributed by atoms with Crippen molar-refractivity contribution in [2.24, 2.45) is 0 Å². The first-order valence-electron chi connectivity index (χ1n) is 12.9. The highest BCUT2D eigenvalue weighted by Crippen LogP contribution is 2.34. The van der Waals surface area contributed by atoms with E-state index in [9.17, 15) is 0 Å². The van der Waals surface area contributed by atoms with Crippen molar-refractivity contribution in [1.82, 2.24) is 4.98 Å². The molecule has 0 unspecified atom stereocenters. The molecule has 1 aliphatic rings. The third-order valence-electron chi connectivity index (χ3n) is 6.35. The molecule has 0 aliphatic carbocycles. The molecule has 6 heteroatoms. The van der Waals surface area contributed by atoms with Crippen molar-refractivity contribution in [3.63, 3.8) is 0 Å². The molecule has 5 aromatic rings. The molecular weight excluding hydrogens is 514 g/mol. The first-order valence-corrected chi connectivity index (χ1v) is 14.1. The molecule has 0 fully saturated rings. The van der Waals surface area contributed by atoms with E-state index < -0.39 is 0 Å². The van der Waals surface area contributed by atoms with Crippen LogP contribution in [0.2, 0.25) is 0 Å². The van der Waals surface area contributed by atoms with Crippen molar-refractivity contribution in [3.05, 3.63) is 128 Å². The van der Waals surface area contributed by atoms with Gasteiger partial charge in [-0.25, -0.2) is 0 Å². The van der Waals surface area contributed by atoms with Crippen molar-refractivity contribution < 1.29 is 18.6 Å². The van der Waals surface area contributed by atoms with E-state index in [1.165, 1.54) is 0 Å². The smallest absolute Gasteiger partial charge is 0.457 e. The van der Waals surface area contributed by atoms with Gasteiger partial charge >= 0.3 is 6.01 Å². The molecule has 0 spiro atoms. The maximum atomic E-state index is 6.25. The summed E-state index contributed by atoms with van der Waals surface area (Å²) in [6.07, 6.45) is 7.83. The highest BCUT2D eigenvalue weighted by molar-refractivity contribution is 7.98. The lowest BCUT2D eigenvalue weighted by Gasteiger charge is -2.12. The normalized spacial score (nSPS) is 12.2. The molecule has 2 heterocycles. The molecule has 1 aromatic heterocycles. The summed E-state index contributed by atoms with van der Waals surface area (Å²) in [4.78, 5) is 5.80. The molecule has 1 aliphatic heterocycles. The monoisotopic (exact) mass is 541 g/mol. The van der Waals surface area contributed by atoms with Gasteiger partial charge in [-0.15, -0.1) is 11.8 Å². The summed E-state index contributed by atoms with van der Waals surface area (Å²) in [7, 11) is 1.95. The Hall–Kier alpha value is -4.90. The summed E-state index contributed by atoms with van der Waals surface area (Å²) >= 11 is 1.69. The zero-order valence-electron chi connectivity index (χ0n) is 22.2. The van der Waals surface area contributed by atoms with Crippen molar-refractivity contribution in [3.8, 4) is 45.4 Å². The van der Waals surface area contributed by atoms with Crippen molar-refractivity contribution in [1.29, 1.82) is 0 Å². The minimum Gasteiger partial charge on any atom is -0.457 e. The number of para-hydroxylation sites is 1. The van der Waals surface area contributed by atoms with E-state index in [2.05, 4.69) is 41.5 Å². The van der Waals surface area contributed by atoms with Crippen LogP contribution in [0.5, 0.6) is 23.0 Å². The summed E-state index contributed by atoms with van der Waals surface area (Å²) in [5, 5.41) is 0. The summed E-state index contributed by atoms with van der Waals surface area (Å²) in [5.41, 5.74) is 4.95. The average molecular weight is 542 g/mol. The second kappa shape index (κ2) is 11.5. The van der Waals surface area contributed by atoms with Gasteiger partial charge in [0.2, 0.25) is 11.9 Å². The standard InChI is InChI=1S/C34H27N3O2S/c1-36-16-17-37(24-36)28-9-7-13-31(22-28)39-30-12-6-8-26(18-30)34-21-25(14-15-35-34)27-19-32(23-33(20-27)40-2)38-29-10-4-3-5-11-29/h3-23H,1-2H3/q+2. The fourth-order valence-corrected chi connectivity index (χ4v) is 4.89. The van der Waals surface area contributed by atoms with Gasteiger partial charge in [0.1, 0.15) is 23.0 Å². The minimum absolute atomic E-state index is 0.742. The van der Waals surface area contributed by atoms with Crippen molar-refractivity contribution in [2.45, 2.75) is 4.90 Å². The highest BCUT2D eigenvalue weighted by Gasteiger charge is 2.17. The molecular formula is C34H27N3O2S+2. The lowest BCUT2D eigenvalue weighted by atomic mass is 10.0. The van der Waals surface area contributed by atoms with E-state index in [1.807, 2.05) is 120 Å². The van der Waals surface area contributed by atoms with Gasteiger partial charge in [-0.05, 0) is 78.0 Å². The van der Waals surface area contributed by atoms with Gasteiger partial charge in [0.05, 0.1) is 11.8 Å². The van der Waals surface area contributed by atoms with E-state index in [0.29, 0.717) is 0 Å². The molecule has 0 N–H and O–H groups in total. The van der Waals surface area contributed by atoms with Crippen LogP contribution in [-0.4, -0.2) is 33.4 Å². The van der Waals surface area contributed by atoms with Crippen molar-refractivity contribution in [2.75, 3.05) is 13.3 Å². The second-order valence-corrected chi connectivity index (χ2v) is 10.1.